The summed E-state index contributed by atoms with van der Waals surface area (Å²) in [6.07, 6.45) is 4.06. The minimum absolute atomic E-state index is 0.259. The van der Waals surface area contributed by atoms with Crippen LogP contribution in [0.25, 0.3) is 0 Å². The van der Waals surface area contributed by atoms with Gasteiger partial charge in [0, 0.05) is 32.0 Å². The summed E-state index contributed by atoms with van der Waals surface area (Å²) in [4.78, 5) is 31.5. The van der Waals surface area contributed by atoms with E-state index in [4.69, 9.17) is 9.47 Å². The number of ether oxygens (including phenoxy) is 2. The van der Waals surface area contributed by atoms with Gasteiger partial charge in [0.1, 0.15) is 0 Å². The van der Waals surface area contributed by atoms with Crippen LogP contribution in [-0.4, -0.2) is 42.6 Å². The van der Waals surface area contributed by atoms with E-state index in [1.165, 1.54) is 0 Å². The Morgan fingerprint density at radius 1 is 1.00 bits per heavy atom. The molecule has 0 saturated heterocycles. The SMILES string of the molecule is COc1cc2c(cc1OC)CN(C(=O)Nc1ccccc1C(=O)NCc1ccncc1)CC2. The largest absolute Gasteiger partial charge is 0.493 e. The second kappa shape index (κ2) is 10.0. The highest BCUT2D eigenvalue weighted by atomic mass is 16.5. The molecule has 3 aromatic rings. The summed E-state index contributed by atoms with van der Waals surface area (Å²) in [7, 11) is 3.20. The zero-order chi connectivity index (χ0) is 23.2. The van der Waals surface area contributed by atoms with Gasteiger partial charge in [0.25, 0.3) is 5.91 Å². The predicted octanol–water partition coefficient (Wildman–Crippen LogP) is 3.62. The first-order chi connectivity index (χ1) is 16.1. The van der Waals surface area contributed by atoms with Crippen molar-refractivity contribution >= 4 is 17.6 Å². The van der Waals surface area contributed by atoms with Gasteiger partial charge < -0.3 is 25.0 Å². The highest BCUT2D eigenvalue weighted by Gasteiger charge is 2.24. The summed E-state index contributed by atoms with van der Waals surface area (Å²) >= 11 is 0. The lowest BCUT2D eigenvalue weighted by molar-refractivity contribution is 0.0951. The van der Waals surface area contributed by atoms with Crippen LogP contribution < -0.4 is 20.1 Å². The van der Waals surface area contributed by atoms with Crippen molar-refractivity contribution in [2.24, 2.45) is 0 Å². The molecule has 4 rings (SSSR count). The number of urea groups is 1. The first-order valence-corrected chi connectivity index (χ1v) is 10.6. The fraction of sp³-hybridized carbons (Fsp3) is 0.240. The number of amides is 3. The number of methoxy groups -OCH3 is 2. The fourth-order valence-electron chi connectivity index (χ4n) is 3.82. The molecule has 2 aromatic carbocycles. The third-order valence-electron chi connectivity index (χ3n) is 5.62. The number of nitrogens with one attached hydrogen (secondary N) is 2. The minimum atomic E-state index is -0.261. The van der Waals surface area contributed by atoms with E-state index in [-0.39, 0.29) is 11.9 Å². The van der Waals surface area contributed by atoms with E-state index in [0.29, 0.717) is 48.8 Å². The summed E-state index contributed by atoms with van der Waals surface area (Å²) in [5, 5.41) is 5.79. The molecular formula is C25H26N4O4. The number of pyridine rings is 1. The van der Waals surface area contributed by atoms with Crippen molar-refractivity contribution in [2.75, 3.05) is 26.1 Å². The Morgan fingerprint density at radius 2 is 1.70 bits per heavy atom. The van der Waals surface area contributed by atoms with Crippen LogP contribution in [0.1, 0.15) is 27.0 Å². The molecule has 0 fully saturated rings. The predicted molar refractivity (Wildman–Crippen MR) is 125 cm³/mol. The summed E-state index contributed by atoms with van der Waals surface area (Å²) in [6.45, 7) is 1.38. The standard InChI is InChI=1S/C25H26N4O4/c1-32-22-13-18-9-12-29(16-19(18)14-23(22)33-2)25(31)28-21-6-4-3-5-20(21)24(30)27-15-17-7-10-26-11-8-17/h3-8,10-11,13-14H,9,12,15-16H2,1-2H3,(H,27,30)(H,28,31). The average molecular weight is 447 g/mol. The molecule has 0 spiro atoms. The number of fused-ring (bicyclic) bond motifs is 1. The monoisotopic (exact) mass is 446 g/mol. The average Bonchev–Trinajstić information content (AvgIpc) is 2.86. The Hall–Kier alpha value is -4.07. The van der Waals surface area contributed by atoms with Gasteiger partial charge in [-0.2, -0.15) is 0 Å². The maximum Gasteiger partial charge on any atom is 0.322 e. The van der Waals surface area contributed by atoms with Gasteiger partial charge in [-0.3, -0.25) is 9.78 Å². The highest BCUT2D eigenvalue weighted by molar-refractivity contribution is 6.03. The molecule has 1 aromatic heterocycles. The smallest absolute Gasteiger partial charge is 0.322 e. The molecule has 1 aliphatic heterocycles. The van der Waals surface area contributed by atoms with Crippen LogP contribution in [-0.2, 0) is 19.5 Å². The first kappa shape index (κ1) is 22.1. The molecule has 170 valence electrons. The summed E-state index contributed by atoms with van der Waals surface area (Å²) < 4.78 is 10.8. The van der Waals surface area contributed by atoms with E-state index >= 15 is 0 Å². The molecule has 0 unspecified atom stereocenters. The number of anilines is 1. The van der Waals surface area contributed by atoms with Crippen LogP contribution in [0.3, 0.4) is 0 Å². The van der Waals surface area contributed by atoms with E-state index in [2.05, 4.69) is 15.6 Å². The lowest BCUT2D eigenvalue weighted by Gasteiger charge is -2.30. The van der Waals surface area contributed by atoms with Crippen molar-refractivity contribution in [1.82, 2.24) is 15.2 Å². The molecule has 2 N–H and O–H groups in total. The van der Waals surface area contributed by atoms with Gasteiger partial charge in [-0.1, -0.05) is 12.1 Å². The zero-order valence-corrected chi connectivity index (χ0v) is 18.6. The van der Waals surface area contributed by atoms with Crippen molar-refractivity contribution in [3.8, 4) is 11.5 Å². The number of carbonyl (C=O) groups is 2. The maximum absolute atomic E-state index is 13.0. The second-order valence-electron chi connectivity index (χ2n) is 7.66. The number of hydrogen-bond acceptors (Lipinski definition) is 5. The molecule has 1 aliphatic rings. The number of nitrogens with zero attached hydrogens (tertiary/aromatic N) is 2. The number of benzene rings is 2. The van der Waals surface area contributed by atoms with E-state index in [1.54, 1.807) is 55.8 Å². The number of aromatic nitrogens is 1. The molecule has 0 saturated carbocycles. The highest BCUT2D eigenvalue weighted by Crippen LogP contribution is 2.33. The Labute approximate surface area is 192 Å². The Bertz CT molecular complexity index is 1150. The van der Waals surface area contributed by atoms with Crippen molar-refractivity contribution in [2.45, 2.75) is 19.5 Å². The third kappa shape index (κ3) is 5.06. The third-order valence-corrected chi connectivity index (χ3v) is 5.62. The normalized spacial score (nSPS) is 12.5. The summed E-state index contributed by atoms with van der Waals surface area (Å²) in [5.74, 6) is 1.05. The first-order valence-electron chi connectivity index (χ1n) is 10.6. The molecule has 0 atom stereocenters. The summed E-state index contributed by atoms with van der Waals surface area (Å²) in [5.41, 5.74) is 3.96. The van der Waals surface area contributed by atoms with Crippen molar-refractivity contribution in [3.63, 3.8) is 0 Å². The van der Waals surface area contributed by atoms with Crippen LogP contribution in [0.15, 0.2) is 60.9 Å². The van der Waals surface area contributed by atoms with Crippen LogP contribution in [0.2, 0.25) is 0 Å². The lowest BCUT2D eigenvalue weighted by atomic mass is 9.99. The van der Waals surface area contributed by atoms with Crippen molar-refractivity contribution < 1.29 is 19.1 Å². The number of carbonyl (C=O) groups excluding carboxylic acids is 2. The van der Waals surface area contributed by atoms with Crippen molar-refractivity contribution in [3.05, 3.63) is 83.2 Å². The molecule has 8 nitrogen and oxygen atoms in total. The number of para-hydroxylation sites is 1. The molecule has 3 amide bonds. The second-order valence-corrected chi connectivity index (χ2v) is 7.66. The van der Waals surface area contributed by atoms with Gasteiger partial charge in [-0.25, -0.2) is 4.79 Å². The molecule has 2 heterocycles. The molecule has 0 aliphatic carbocycles. The van der Waals surface area contributed by atoms with E-state index in [9.17, 15) is 9.59 Å². The Morgan fingerprint density at radius 3 is 2.42 bits per heavy atom. The topological polar surface area (TPSA) is 92.8 Å². The molecule has 33 heavy (non-hydrogen) atoms. The molecule has 8 heteroatoms. The Kier molecular flexibility index (Phi) is 6.73. The van der Waals surface area contributed by atoms with Gasteiger partial charge in [0.2, 0.25) is 0 Å². The van der Waals surface area contributed by atoms with Crippen LogP contribution in [0.5, 0.6) is 11.5 Å². The van der Waals surface area contributed by atoms with E-state index in [0.717, 1.165) is 16.7 Å². The number of rotatable bonds is 6. The van der Waals surface area contributed by atoms with Gasteiger partial charge in [-0.05, 0) is 59.5 Å². The van der Waals surface area contributed by atoms with Gasteiger partial charge >= 0.3 is 6.03 Å². The fourth-order valence-corrected chi connectivity index (χ4v) is 3.82. The van der Waals surface area contributed by atoms with Gasteiger partial charge in [-0.15, -0.1) is 0 Å². The number of hydrogen-bond donors (Lipinski definition) is 2. The van der Waals surface area contributed by atoms with Gasteiger partial charge in [0.15, 0.2) is 11.5 Å². The zero-order valence-electron chi connectivity index (χ0n) is 18.6. The molecular weight excluding hydrogens is 420 g/mol. The Balaban J connectivity index is 1.44. The quantitative estimate of drug-likeness (QED) is 0.603. The molecule has 0 radical (unpaired) electrons. The van der Waals surface area contributed by atoms with Crippen molar-refractivity contribution in [1.29, 1.82) is 0 Å². The molecule has 0 bridgehead atoms. The lowest BCUT2D eigenvalue weighted by Crippen LogP contribution is -2.39. The van der Waals surface area contributed by atoms with Crippen LogP contribution in [0.4, 0.5) is 10.5 Å². The minimum Gasteiger partial charge on any atom is -0.493 e. The van der Waals surface area contributed by atoms with Crippen LogP contribution >= 0.6 is 0 Å². The van der Waals surface area contributed by atoms with E-state index in [1.807, 2.05) is 24.3 Å². The van der Waals surface area contributed by atoms with Gasteiger partial charge in [0.05, 0.1) is 25.5 Å². The van der Waals surface area contributed by atoms with Crippen LogP contribution in [0, 0.1) is 0 Å². The maximum atomic E-state index is 13.0. The summed E-state index contributed by atoms with van der Waals surface area (Å²) in [6, 6.07) is 14.3. The van der Waals surface area contributed by atoms with E-state index < -0.39 is 0 Å².